The lowest BCUT2D eigenvalue weighted by atomic mass is 9.69. The molecular weight excluding hydrogens is 458 g/mol. The van der Waals surface area contributed by atoms with E-state index in [0.717, 1.165) is 16.8 Å². The zero-order valence-corrected chi connectivity index (χ0v) is 20.0. The Morgan fingerprint density at radius 1 is 1.06 bits per heavy atom. The van der Waals surface area contributed by atoms with Gasteiger partial charge >= 0.3 is 0 Å². The molecule has 0 amide bonds. The summed E-state index contributed by atoms with van der Waals surface area (Å²) >= 11 is 6.26. The van der Waals surface area contributed by atoms with Crippen molar-refractivity contribution in [3.8, 4) is 17.9 Å². The van der Waals surface area contributed by atoms with Crippen molar-refractivity contribution in [3.63, 3.8) is 0 Å². The fourth-order valence-electron chi connectivity index (χ4n) is 5.42. The number of methoxy groups -OCH3 is 1. The summed E-state index contributed by atoms with van der Waals surface area (Å²) in [7, 11) is 1.55. The van der Waals surface area contributed by atoms with Crippen molar-refractivity contribution >= 4 is 29.1 Å². The van der Waals surface area contributed by atoms with E-state index < -0.39 is 23.4 Å². The molecule has 0 spiro atoms. The van der Waals surface area contributed by atoms with E-state index in [2.05, 4.69) is 12.1 Å². The molecule has 2 aliphatic rings. The summed E-state index contributed by atoms with van der Waals surface area (Å²) in [5.74, 6) is -0.387. The first kappa shape index (κ1) is 22.7. The molecule has 5 nitrogen and oxygen atoms in total. The largest absolute Gasteiger partial charge is 0.496 e. The lowest BCUT2D eigenvalue weighted by Crippen LogP contribution is -2.44. The Kier molecular flexibility index (Phi) is 5.59. The minimum atomic E-state index is -1.53. The summed E-state index contributed by atoms with van der Waals surface area (Å²) in [6.45, 7) is 1.96. The highest BCUT2D eigenvalue weighted by molar-refractivity contribution is 6.30. The van der Waals surface area contributed by atoms with E-state index in [9.17, 15) is 15.3 Å². The zero-order chi connectivity index (χ0) is 24.7. The van der Waals surface area contributed by atoms with Crippen molar-refractivity contribution in [1.82, 2.24) is 0 Å². The molecule has 0 saturated carbocycles. The lowest BCUT2D eigenvalue weighted by molar-refractivity contribution is 0.0950. The van der Waals surface area contributed by atoms with Gasteiger partial charge < -0.3 is 9.64 Å². The van der Waals surface area contributed by atoms with Crippen molar-refractivity contribution in [2.45, 2.75) is 24.9 Å². The third kappa shape index (κ3) is 3.40. The van der Waals surface area contributed by atoms with Gasteiger partial charge in [0.2, 0.25) is 0 Å². The SMILES string of the molecule is COc1ccccc1C1C(C(=O)c2ccc(C)cc2)N2c3ccc(Cl)cc3C=CC2C1(C#N)C#N. The topological polar surface area (TPSA) is 77.1 Å². The smallest absolute Gasteiger partial charge is 0.185 e. The van der Waals surface area contributed by atoms with Gasteiger partial charge in [-0.1, -0.05) is 71.8 Å². The molecule has 3 aromatic carbocycles. The molecule has 1 fully saturated rings. The maximum absolute atomic E-state index is 14.2. The molecule has 2 heterocycles. The highest BCUT2D eigenvalue weighted by Crippen LogP contribution is 2.57. The van der Waals surface area contributed by atoms with E-state index >= 15 is 0 Å². The van der Waals surface area contributed by atoms with Crippen LogP contribution in [-0.2, 0) is 0 Å². The maximum atomic E-state index is 14.2. The third-order valence-electron chi connectivity index (χ3n) is 7.05. The second kappa shape index (κ2) is 8.62. The van der Waals surface area contributed by atoms with Crippen LogP contribution in [0.25, 0.3) is 6.08 Å². The Labute approximate surface area is 209 Å². The first-order valence-electron chi connectivity index (χ1n) is 11.3. The number of aryl methyl sites for hydroxylation is 1. The molecule has 0 N–H and O–H groups in total. The Morgan fingerprint density at radius 3 is 2.46 bits per heavy atom. The average Bonchev–Trinajstić information content (AvgIpc) is 3.19. The number of hydrogen-bond donors (Lipinski definition) is 0. The first-order chi connectivity index (χ1) is 16.9. The number of halogens is 1. The van der Waals surface area contributed by atoms with E-state index in [0.29, 0.717) is 21.9 Å². The fraction of sp³-hybridized carbons (Fsp3) is 0.207. The molecule has 0 radical (unpaired) electrons. The second-order valence-electron chi connectivity index (χ2n) is 8.90. The second-order valence-corrected chi connectivity index (χ2v) is 9.34. The normalized spacial score (nSPS) is 21.4. The Bertz CT molecular complexity index is 1420. The predicted molar refractivity (Wildman–Crippen MR) is 135 cm³/mol. The number of ether oxygens (including phenoxy) is 1. The third-order valence-corrected chi connectivity index (χ3v) is 7.28. The van der Waals surface area contributed by atoms with Gasteiger partial charge in [-0.05, 0) is 36.8 Å². The van der Waals surface area contributed by atoms with Gasteiger partial charge in [0.15, 0.2) is 11.2 Å². The van der Waals surface area contributed by atoms with Crippen LogP contribution in [0.1, 0.15) is 33.0 Å². The number of para-hydroxylation sites is 1. The molecule has 0 aliphatic carbocycles. The molecule has 1 saturated heterocycles. The van der Waals surface area contributed by atoms with Crippen LogP contribution in [0, 0.1) is 35.0 Å². The van der Waals surface area contributed by atoms with Crippen LogP contribution in [0.3, 0.4) is 0 Å². The van der Waals surface area contributed by atoms with E-state index in [4.69, 9.17) is 16.3 Å². The lowest BCUT2D eigenvalue weighted by Gasteiger charge is -2.35. The van der Waals surface area contributed by atoms with Crippen molar-refractivity contribution in [3.05, 3.63) is 100 Å². The summed E-state index contributed by atoms with van der Waals surface area (Å²) in [6, 6.07) is 23.3. The van der Waals surface area contributed by atoms with Gasteiger partial charge in [-0.2, -0.15) is 10.5 Å². The summed E-state index contributed by atoms with van der Waals surface area (Å²) in [4.78, 5) is 16.2. The van der Waals surface area contributed by atoms with Crippen LogP contribution in [0.4, 0.5) is 5.69 Å². The van der Waals surface area contributed by atoms with Crippen LogP contribution >= 0.6 is 11.6 Å². The molecule has 0 bridgehead atoms. The number of Topliss-reactive ketones (excluding diaryl/α,β-unsaturated/α-hetero) is 1. The highest BCUT2D eigenvalue weighted by Gasteiger charge is 2.63. The standard InChI is InChI=1S/C29H22ClN3O2/c1-18-7-9-19(10-8-18)28(34)27-26(22-5-3-4-6-24(22)35-2)29(16-31,17-32)25-14-11-20-15-21(30)12-13-23(20)33(25)27/h3-15,25-27H,1-2H3. The molecule has 2 aliphatic heterocycles. The van der Waals surface area contributed by atoms with E-state index in [1.54, 1.807) is 31.4 Å². The average molecular weight is 480 g/mol. The molecular formula is C29H22ClN3O2. The number of benzene rings is 3. The monoisotopic (exact) mass is 479 g/mol. The minimum absolute atomic E-state index is 0.158. The molecule has 3 aromatic rings. The van der Waals surface area contributed by atoms with Crippen molar-refractivity contribution in [2.75, 3.05) is 12.0 Å². The molecule has 6 heteroatoms. The molecule has 3 atom stereocenters. The van der Waals surface area contributed by atoms with Gasteiger partial charge in [0.05, 0.1) is 25.3 Å². The van der Waals surface area contributed by atoms with Gasteiger partial charge in [0.25, 0.3) is 0 Å². The van der Waals surface area contributed by atoms with E-state index in [-0.39, 0.29) is 5.78 Å². The van der Waals surface area contributed by atoms with Crippen LogP contribution in [0.15, 0.2) is 72.8 Å². The van der Waals surface area contributed by atoms with Crippen molar-refractivity contribution in [2.24, 2.45) is 5.41 Å². The number of anilines is 1. The number of rotatable bonds is 4. The predicted octanol–water partition coefficient (Wildman–Crippen LogP) is 5.94. The zero-order valence-electron chi connectivity index (χ0n) is 19.3. The van der Waals surface area contributed by atoms with Crippen molar-refractivity contribution < 1.29 is 9.53 Å². The van der Waals surface area contributed by atoms with Gasteiger partial charge in [-0.25, -0.2) is 0 Å². The Hall–Kier alpha value is -4.06. The van der Waals surface area contributed by atoms with Crippen LogP contribution in [0.2, 0.25) is 5.02 Å². The van der Waals surface area contributed by atoms with Gasteiger partial charge in [0.1, 0.15) is 11.8 Å². The summed E-state index contributed by atoms with van der Waals surface area (Å²) in [6.07, 6.45) is 3.72. The fourth-order valence-corrected chi connectivity index (χ4v) is 5.60. The number of nitriles is 2. The molecule has 172 valence electrons. The number of hydrogen-bond acceptors (Lipinski definition) is 5. The van der Waals surface area contributed by atoms with E-state index in [1.165, 1.54) is 0 Å². The number of carbonyl (C=O) groups is 1. The number of carbonyl (C=O) groups excluding carboxylic acids is 1. The summed E-state index contributed by atoms with van der Waals surface area (Å²) < 4.78 is 5.64. The molecule has 5 rings (SSSR count). The van der Waals surface area contributed by atoms with Crippen molar-refractivity contribution in [1.29, 1.82) is 10.5 Å². The first-order valence-corrected chi connectivity index (χ1v) is 11.7. The quantitative estimate of drug-likeness (QED) is 0.433. The summed E-state index contributed by atoms with van der Waals surface area (Å²) in [5.41, 5.74) is 2.28. The van der Waals surface area contributed by atoms with Gasteiger partial charge in [-0.15, -0.1) is 0 Å². The van der Waals surface area contributed by atoms with Gasteiger partial charge in [-0.3, -0.25) is 4.79 Å². The number of nitrogens with zero attached hydrogens (tertiary/aromatic N) is 3. The summed E-state index contributed by atoms with van der Waals surface area (Å²) in [5, 5.41) is 21.7. The van der Waals surface area contributed by atoms with Crippen LogP contribution in [-0.4, -0.2) is 25.0 Å². The maximum Gasteiger partial charge on any atom is 0.185 e. The van der Waals surface area contributed by atoms with Crippen LogP contribution in [0.5, 0.6) is 5.75 Å². The van der Waals surface area contributed by atoms with Crippen LogP contribution < -0.4 is 9.64 Å². The number of fused-ring (bicyclic) bond motifs is 3. The highest BCUT2D eigenvalue weighted by atomic mass is 35.5. The molecule has 35 heavy (non-hydrogen) atoms. The molecule has 0 aromatic heterocycles. The molecule has 3 unspecified atom stereocenters. The van der Waals surface area contributed by atoms with E-state index in [1.807, 2.05) is 66.4 Å². The van der Waals surface area contributed by atoms with Gasteiger partial charge in [0, 0.05) is 27.8 Å². The Balaban J connectivity index is 1.81. The Morgan fingerprint density at radius 2 is 1.77 bits per heavy atom. The minimum Gasteiger partial charge on any atom is -0.496 e. The number of ketones is 1.